The Balaban J connectivity index is 2.42. The fourth-order valence-corrected chi connectivity index (χ4v) is 2.92. The number of nitrogen functional groups attached to an aromatic ring is 1. The van der Waals surface area contributed by atoms with Gasteiger partial charge < -0.3 is 15.4 Å². The van der Waals surface area contributed by atoms with Crippen LogP contribution in [0.2, 0.25) is 0 Å². The van der Waals surface area contributed by atoms with E-state index in [0.717, 1.165) is 17.8 Å². The van der Waals surface area contributed by atoms with Crippen LogP contribution in [-0.2, 0) is 4.74 Å². The van der Waals surface area contributed by atoms with Crippen molar-refractivity contribution in [3.8, 4) is 0 Å². The lowest BCUT2D eigenvalue weighted by molar-refractivity contribution is 0.0602. The fourth-order valence-electron chi connectivity index (χ4n) is 2.92. The molecule has 0 spiro atoms. The summed E-state index contributed by atoms with van der Waals surface area (Å²) in [7, 11) is 1.38. The van der Waals surface area contributed by atoms with E-state index < -0.39 is 0 Å². The number of piperidine rings is 1. The van der Waals surface area contributed by atoms with Crippen LogP contribution in [0.4, 0.5) is 11.4 Å². The molecule has 110 valence electrons. The summed E-state index contributed by atoms with van der Waals surface area (Å²) in [5, 5.41) is 0. The standard InChI is InChI=1S/C16H24N2O2/c1-10-6-5-7-18(12(10)3)13-8-11(2)15(17)14(9-13)16(19)20-4/h8-10,12H,5-7,17H2,1-4H3. The maximum Gasteiger partial charge on any atom is 0.340 e. The largest absolute Gasteiger partial charge is 0.465 e. The van der Waals surface area contributed by atoms with Gasteiger partial charge in [-0.15, -0.1) is 0 Å². The molecule has 1 saturated heterocycles. The number of carbonyl (C=O) groups is 1. The van der Waals surface area contributed by atoms with Crippen LogP contribution >= 0.6 is 0 Å². The Bertz CT molecular complexity index is 513. The molecule has 2 N–H and O–H groups in total. The molecular formula is C16H24N2O2. The molecule has 1 aliphatic heterocycles. The van der Waals surface area contributed by atoms with Gasteiger partial charge in [-0.25, -0.2) is 4.79 Å². The quantitative estimate of drug-likeness (QED) is 0.666. The first-order valence-corrected chi connectivity index (χ1v) is 7.20. The van der Waals surface area contributed by atoms with E-state index in [-0.39, 0.29) is 5.97 Å². The van der Waals surface area contributed by atoms with Gasteiger partial charge in [-0.3, -0.25) is 0 Å². The lowest BCUT2D eigenvalue weighted by Gasteiger charge is -2.40. The van der Waals surface area contributed by atoms with Gasteiger partial charge in [-0.2, -0.15) is 0 Å². The highest BCUT2D eigenvalue weighted by Crippen LogP contribution is 2.32. The zero-order chi connectivity index (χ0) is 14.9. The number of methoxy groups -OCH3 is 1. The molecule has 0 bridgehead atoms. The van der Waals surface area contributed by atoms with Gasteiger partial charge in [0.25, 0.3) is 0 Å². The van der Waals surface area contributed by atoms with Crippen molar-refractivity contribution in [1.29, 1.82) is 0 Å². The molecule has 1 heterocycles. The third kappa shape index (κ3) is 2.60. The number of aryl methyl sites for hydroxylation is 1. The number of nitrogens with two attached hydrogens (primary N) is 1. The number of hydrogen-bond donors (Lipinski definition) is 1. The second-order valence-electron chi connectivity index (χ2n) is 5.77. The molecule has 0 amide bonds. The first-order valence-electron chi connectivity index (χ1n) is 7.20. The van der Waals surface area contributed by atoms with Crippen LogP contribution in [0.25, 0.3) is 0 Å². The van der Waals surface area contributed by atoms with E-state index in [1.165, 1.54) is 20.0 Å². The minimum atomic E-state index is -0.370. The Morgan fingerprint density at radius 3 is 2.75 bits per heavy atom. The molecule has 1 fully saturated rings. The Kier molecular flexibility index (Phi) is 4.21. The molecule has 4 heteroatoms. The molecule has 4 nitrogen and oxygen atoms in total. The molecule has 1 aromatic rings. The predicted octanol–water partition coefficient (Wildman–Crippen LogP) is 2.99. The van der Waals surface area contributed by atoms with E-state index >= 15 is 0 Å². The van der Waals surface area contributed by atoms with Crippen LogP contribution in [0, 0.1) is 12.8 Å². The molecule has 1 aliphatic rings. The summed E-state index contributed by atoms with van der Waals surface area (Å²) in [5.74, 6) is 0.286. The minimum Gasteiger partial charge on any atom is -0.465 e. The Hall–Kier alpha value is -1.71. The van der Waals surface area contributed by atoms with Crippen LogP contribution < -0.4 is 10.6 Å². The molecule has 0 aromatic heterocycles. The number of benzene rings is 1. The van der Waals surface area contributed by atoms with Gasteiger partial charge in [0.2, 0.25) is 0 Å². The number of hydrogen-bond acceptors (Lipinski definition) is 4. The number of esters is 1. The lowest BCUT2D eigenvalue weighted by Crippen LogP contribution is -2.42. The average molecular weight is 276 g/mol. The van der Waals surface area contributed by atoms with Gasteiger partial charge in [-0.1, -0.05) is 6.92 Å². The number of anilines is 2. The predicted molar refractivity (Wildman–Crippen MR) is 82.1 cm³/mol. The van der Waals surface area contributed by atoms with Crippen LogP contribution in [0.15, 0.2) is 12.1 Å². The second-order valence-corrected chi connectivity index (χ2v) is 5.77. The van der Waals surface area contributed by atoms with Gasteiger partial charge in [0, 0.05) is 24.0 Å². The molecule has 0 saturated carbocycles. The van der Waals surface area contributed by atoms with Gasteiger partial charge >= 0.3 is 5.97 Å². The van der Waals surface area contributed by atoms with Crippen LogP contribution in [0.1, 0.15) is 42.6 Å². The third-order valence-electron chi connectivity index (χ3n) is 4.48. The lowest BCUT2D eigenvalue weighted by atomic mass is 9.91. The zero-order valence-electron chi connectivity index (χ0n) is 12.8. The number of rotatable bonds is 2. The number of carbonyl (C=O) groups excluding carboxylic acids is 1. The number of nitrogens with zero attached hydrogens (tertiary/aromatic N) is 1. The van der Waals surface area contributed by atoms with Crippen molar-refractivity contribution in [2.45, 2.75) is 39.7 Å². The number of ether oxygens (including phenoxy) is 1. The van der Waals surface area contributed by atoms with Gasteiger partial charge in [0.15, 0.2) is 0 Å². The summed E-state index contributed by atoms with van der Waals surface area (Å²) < 4.78 is 4.82. The Morgan fingerprint density at radius 1 is 1.40 bits per heavy atom. The smallest absolute Gasteiger partial charge is 0.340 e. The van der Waals surface area contributed by atoms with E-state index in [1.54, 1.807) is 0 Å². The van der Waals surface area contributed by atoms with Crippen molar-refractivity contribution < 1.29 is 9.53 Å². The van der Waals surface area contributed by atoms with E-state index in [2.05, 4.69) is 24.8 Å². The van der Waals surface area contributed by atoms with Gasteiger partial charge in [0.1, 0.15) is 0 Å². The maximum absolute atomic E-state index is 11.8. The van der Waals surface area contributed by atoms with Crippen LogP contribution in [-0.4, -0.2) is 25.7 Å². The summed E-state index contributed by atoms with van der Waals surface area (Å²) in [6.07, 6.45) is 2.44. The normalized spacial score (nSPS) is 22.7. The van der Waals surface area contributed by atoms with Crippen molar-refractivity contribution in [3.05, 3.63) is 23.3 Å². The molecule has 2 rings (SSSR count). The second kappa shape index (κ2) is 5.73. The van der Waals surface area contributed by atoms with Gasteiger partial charge in [-0.05, 0) is 50.3 Å². The topological polar surface area (TPSA) is 55.6 Å². The molecule has 2 atom stereocenters. The van der Waals surface area contributed by atoms with Crippen molar-refractivity contribution in [2.24, 2.45) is 5.92 Å². The van der Waals surface area contributed by atoms with E-state index in [0.29, 0.717) is 23.2 Å². The molecule has 20 heavy (non-hydrogen) atoms. The SMILES string of the molecule is COC(=O)c1cc(N2CCCC(C)C2C)cc(C)c1N. The highest BCUT2D eigenvalue weighted by Gasteiger charge is 2.26. The summed E-state index contributed by atoms with van der Waals surface area (Å²) in [5.41, 5.74) is 8.97. The average Bonchev–Trinajstić information content (AvgIpc) is 2.44. The molecule has 1 aromatic carbocycles. The van der Waals surface area contributed by atoms with Crippen molar-refractivity contribution in [3.63, 3.8) is 0 Å². The van der Waals surface area contributed by atoms with Crippen LogP contribution in [0.3, 0.4) is 0 Å². The van der Waals surface area contributed by atoms with Crippen molar-refractivity contribution in [1.82, 2.24) is 0 Å². The zero-order valence-corrected chi connectivity index (χ0v) is 12.8. The van der Waals surface area contributed by atoms with E-state index in [4.69, 9.17) is 10.5 Å². The van der Waals surface area contributed by atoms with E-state index in [1.807, 2.05) is 13.0 Å². The Labute approximate surface area is 120 Å². The van der Waals surface area contributed by atoms with Crippen molar-refractivity contribution in [2.75, 3.05) is 24.3 Å². The maximum atomic E-state index is 11.8. The van der Waals surface area contributed by atoms with Crippen molar-refractivity contribution >= 4 is 17.3 Å². The Morgan fingerprint density at radius 2 is 2.10 bits per heavy atom. The highest BCUT2D eigenvalue weighted by atomic mass is 16.5. The highest BCUT2D eigenvalue weighted by molar-refractivity contribution is 5.97. The first-order chi connectivity index (χ1) is 9.45. The summed E-state index contributed by atoms with van der Waals surface area (Å²) >= 11 is 0. The van der Waals surface area contributed by atoms with Crippen LogP contribution in [0.5, 0.6) is 0 Å². The first kappa shape index (κ1) is 14.7. The van der Waals surface area contributed by atoms with Gasteiger partial charge in [0.05, 0.1) is 12.7 Å². The summed E-state index contributed by atoms with van der Waals surface area (Å²) in [4.78, 5) is 14.2. The minimum absolute atomic E-state index is 0.370. The summed E-state index contributed by atoms with van der Waals surface area (Å²) in [6.45, 7) is 7.48. The molecule has 0 aliphatic carbocycles. The summed E-state index contributed by atoms with van der Waals surface area (Å²) in [6, 6.07) is 4.40. The molecule has 2 unspecified atom stereocenters. The molecular weight excluding hydrogens is 252 g/mol. The fraction of sp³-hybridized carbons (Fsp3) is 0.562. The molecule has 0 radical (unpaired) electrons. The third-order valence-corrected chi connectivity index (χ3v) is 4.48. The monoisotopic (exact) mass is 276 g/mol. The van der Waals surface area contributed by atoms with E-state index in [9.17, 15) is 4.79 Å².